The molecule has 1 N–H and O–H groups in total. The lowest BCUT2D eigenvalue weighted by Crippen LogP contribution is -2.13. The van der Waals surface area contributed by atoms with E-state index in [1.807, 2.05) is 0 Å². The molecule has 7 heteroatoms. The molecule has 1 saturated carbocycles. The normalized spacial score (nSPS) is 15.6. The molecule has 1 aromatic rings. The van der Waals surface area contributed by atoms with Crippen LogP contribution in [0.25, 0.3) is 0 Å². The SMILES string of the molecule is CNc1ncnc(SCC2(CC(=O)OC)CC2)c1OC. The molecule has 1 heterocycles. The number of hydrogen-bond acceptors (Lipinski definition) is 7. The minimum Gasteiger partial charge on any atom is -0.490 e. The zero-order valence-corrected chi connectivity index (χ0v) is 12.7. The van der Waals surface area contributed by atoms with E-state index in [1.54, 1.807) is 25.9 Å². The van der Waals surface area contributed by atoms with Crippen LogP contribution in [0.2, 0.25) is 0 Å². The quantitative estimate of drug-likeness (QED) is 0.468. The van der Waals surface area contributed by atoms with E-state index < -0.39 is 0 Å². The first kappa shape index (κ1) is 14.9. The summed E-state index contributed by atoms with van der Waals surface area (Å²) in [6, 6.07) is 0. The number of aromatic nitrogens is 2. The first-order valence-electron chi connectivity index (χ1n) is 6.40. The molecule has 20 heavy (non-hydrogen) atoms. The van der Waals surface area contributed by atoms with Crippen LogP contribution in [-0.2, 0) is 9.53 Å². The molecule has 110 valence electrons. The van der Waals surface area contributed by atoms with Gasteiger partial charge in [0.05, 0.1) is 20.6 Å². The number of methoxy groups -OCH3 is 2. The van der Waals surface area contributed by atoms with Crippen molar-refractivity contribution in [3.05, 3.63) is 6.33 Å². The van der Waals surface area contributed by atoms with Gasteiger partial charge >= 0.3 is 5.97 Å². The van der Waals surface area contributed by atoms with Crippen molar-refractivity contribution < 1.29 is 14.3 Å². The number of anilines is 1. The summed E-state index contributed by atoms with van der Waals surface area (Å²) in [4.78, 5) is 19.8. The van der Waals surface area contributed by atoms with E-state index in [0.717, 1.165) is 23.6 Å². The van der Waals surface area contributed by atoms with Crippen LogP contribution in [0.4, 0.5) is 5.82 Å². The smallest absolute Gasteiger partial charge is 0.306 e. The van der Waals surface area contributed by atoms with Gasteiger partial charge in [-0.05, 0) is 18.3 Å². The molecule has 1 fully saturated rings. The Balaban J connectivity index is 2.02. The van der Waals surface area contributed by atoms with Gasteiger partial charge in [-0.2, -0.15) is 0 Å². The minimum absolute atomic E-state index is 0.0630. The standard InChI is InChI=1S/C13H19N3O3S/c1-14-11-10(19-3)12(16-8-15-11)20-7-13(4-5-13)6-9(17)18-2/h8H,4-7H2,1-3H3,(H,14,15,16). The molecule has 1 aliphatic rings. The van der Waals surface area contributed by atoms with Crippen LogP contribution in [0.5, 0.6) is 5.75 Å². The van der Waals surface area contributed by atoms with Crippen molar-refractivity contribution in [2.45, 2.75) is 24.3 Å². The van der Waals surface area contributed by atoms with Crippen LogP contribution in [0.3, 0.4) is 0 Å². The molecule has 0 bridgehead atoms. The minimum atomic E-state index is -0.145. The molecule has 0 saturated heterocycles. The number of thioether (sulfide) groups is 1. The topological polar surface area (TPSA) is 73.3 Å². The third-order valence-electron chi connectivity index (χ3n) is 3.43. The molecule has 0 radical (unpaired) electrons. The van der Waals surface area contributed by atoms with Crippen molar-refractivity contribution in [3.8, 4) is 5.75 Å². The predicted molar refractivity (Wildman–Crippen MR) is 77.2 cm³/mol. The van der Waals surface area contributed by atoms with Crippen LogP contribution >= 0.6 is 11.8 Å². The first-order valence-corrected chi connectivity index (χ1v) is 7.39. The molecule has 0 aromatic carbocycles. The fourth-order valence-electron chi connectivity index (χ4n) is 1.97. The van der Waals surface area contributed by atoms with E-state index >= 15 is 0 Å². The van der Waals surface area contributed by atoms with Gasteiger partial charge in [-0.1, -0.05) is 0 Å². The molecule has 1 aliphatic carbocycles. The Morgan fingerprint density at radius 3 is 2.75 bits per heavy atom. The summed E-state index contributed by atoms with van der Waals surface area (Å²) < 4.78 is 10.1. The molecule has 1 aromatic heterocycles. The second kappa shape index (κ2) is 6.30. The highest BCUT2D eigenvalue weighted by Gasteiger charge is 2.44. The summed E-state index contributed by atoms with van der Waals surface area (Å²) in [5.41, 5.74) is 0.0630. The van der Waals surface area contributed by atoms with Crippen molar-refractivity contribution in [3.63, 3.8) is 0 Å². The Morgan fingerprint density at radius 2 is 2.20 bits per heavy atom. The zero-order chi connectivity index (χ0) is 14.6. The van der Waals surface area contributed by atoms with Crippen LogP contribution < -0.4 is 10.1 Å². The number of nitrogens with one attached hydrogen (secondary N) is 1. The summed E-state index contributed by atoms with van der Waals surface area (Å²) in [5.74, 6) is 2.00. The summed E-state index contributed by atoms with van der Waals surface area (Å²) in [6.45, 7) is 0. The molecule has 0 unspecified atom stereocenters. The van der Waals surface area contributed by atoms with E-state index in [9.17, 15) is 4.79 Å². The first-order chi connectivity index (χ1) is 9.64. The van der Waals surface area contributed by atoms with Gasteiger partial charge in [0.25, 0.3) is 0 Å². The molecule has 0 atom stereocenters. The van der Waals surface area contributed by atoms with Crippen molar-refractivity contribution in [1.29, 1.82) is 0 Å². The molecule has 0 aliphatic heterocycles. The Labute approximate surface area is 122 Å². The average molecular weight is 297 g/mol. The van der Waals surface area contributed by atoms with Crippen LogP contribution in [0, 0.1) is 5.41 Å². The number of carbonyl (C=O) groups is 1. The van der Waals surface area contributed by atoms with E-state index in [-0.39, 0.29) is 11.4 Å². The Morgan fingerprint density at radius 1 is 1.45 bits per heavy atom. The predicted octanol–water partition coefficient (Wildman–Crippen LogP) is 1.96. The number of esters is 1. The van der Waals surface area contributed by atoms with Gasteiger partial charge < -0.3 is 14.8 Å². The molecular formula is C13H19N3O3S. The number of carbonyl (C=O) groups excluding carboxylic acids is 1. The van der Waals surface area contributed by atoms with Gasteiger partial charge in [0, 0.05) is 12.8 Å². The number of nitrogens with zero attached hydrogens (tertiary/aromatic N) is 2. The highest BCUT2D eigenvalue weighted by molar-refractivity contribution is 7.99. The summed E-state index contributed by atoms with van der Waals surface area (Å²) in [6.07, 6.45) is 4.10. The Kier molecular flexibility index (Phi) is 4.69. The lowest BCUT2D eigenvalue weighted by molar-refractivity contribution is -0.141. The van der Waals surface area contributed by atoms with E-state index in [4.69, 9.17) is 9.47 Å². The third-order valence-corrected chi connectivity index (χ3v) is 4.75. The van der Waals surface area contributed by atoms with Gasteiger partial charge in [0.15, 0.2) is 11.6 Å². The summed E-state index contributed by atoms with van der Waals surface area (Å²) in [7, 11) is 4.82. The van der Waals surface area contributed by atoms with Crippen molar-refractivity contribution in [1.82, 2.24) is 9.97 Å². The number of ether oxygens (including phenoxy) is 2. The Hall–Kier alpha value is -1.50. The molecule has 0 spiro atoms. The largest absolute Gasteiger partial charge is 0.490 e. The lowest BCUT2D eigenvalue weighted by Gasteiger charge is -2.15. The average Bonchev–Trinajstić information content (AvgIpc) is 3.24. The number of hydrogen-bond donors (Lipinski definition) is 1. The van der Waals surface area contributed by atoms with Gasteiger partial charge in [0.2, 0.25) is 0 Å². The van der Waals surface area contributed by atoms with Gasteiger partial charge in [-0.25, -0.2) is 9.97 Å². The second-order valence-electron chi connectivity index (χ2n) is 4.85. The summed E-state index contributed by atoms with van der Waals surface area (Å²) >= 11 is 1.60. The van der Waals surface area contributed by atoms with Crippen LogP contribution in [0.15, 0.2) is 11.4 Å². The number of rotatable bonds is 7. The molecule has 0 amide bonds. The maximum atomic E-state index is 11.4. The van der Waals surface area contributed by atoms with Crippen molar-refractivity contribution in [2.75, 3.05) is 32.3 Å². The lowest BCUT2D eigenvalue weighted by atomic mass is 10.1. The van der Waals surface area contributed by atoms with Crippen LogP contribution in [-0.4, -0.2) is 43.0 Å². The highest BCUT2D eigenvalue weighted by atomic mass is 32.2. The van der Waals surface area contributed by atoms with E-state index in [0.29, 0.717) is 18.0 Å². The monoisotopic (exact) mass is 297 g/mol. The molecule has 6 nitrogen and oxygen atoms in total. The van der Waals surface area contributed by atoms with Gasteiger partial charge in [-0.15, -0.1) is 11.8 Å². The van der Waals surface area contributed by atoms with Crippen molar-refractivity contribution >= 4 is 23.5 Å². The zero-order valence-electron chi connectivity index (χ0n) is 11.9. The maximum absolute atomic E-state index is 11.4. The summed E-state index contributed by atoms with van der Waals surface area (Å²) in [5, 5.41) is 3.77. The Bertz CT molecular complexity index is 492. The maximum Gasteiger partial charge on any atom is 0.306 e. The highest BCUT2D eigenvalue weighted by Crippen LogP contribution is 2.52. The second-order valence-corrected chi connectivity index (χ2v) is 5.82. The van der Waals surface area contributed by atoms with Crippen LogP contribution in [0.1, 0.15) is 19.3 Å². The van der Waals surface area contributed by atoms with E-state index in [1.165, 1.54) is 13.4 Å². The van der Waals surface area contributed by atoms with Crippen molar-refractivity contribution in [2.24, 2.45) is 5.41 Å². The fourth-order valence-corrected chi connectivity index (χ4v) is 3.24. The third kappa shape index (κ3) is 3.33. The fraction of sp³-hybridized carbons (Fsp3) is 0.615. The molecular weight excluding hydrogens is 278 g/mol. The van der Waals surface area contributed by atoms with E-state index in [2.05, 4.69) is 15.3 Å². The van der Waals surface area contributed by atoms with Gasteiger partial charge in [0.1, 0.15) is 11.4 Å². The van der Waals surface area contributed by atoms with Gasteiger partial charge in [-0.3, -0.25) is 4.79 Å². The molecule has 2 rings (SSSR count).